The molecule has 0 aliphatic heterocycles. The Hall–Kier alpha value is -0.830. The Bertz CT molecular complexity index is 412. The Morgan fingerprint density at radius 3 is 2.71 bits per heavy atom. The van der Waals surface area contributed by atoms with Crippen molar-refractivity contribution < 1.29 is 4.79 Å². The number of halogens is 1. The van der Waals surface area contributed by atoms with Crippen LogP contribution in [-0.4, -0.2) is 17.8 Å². The minimum atomic E-state index is 0.0645. The highest BCUT2D eigenvalue weighted by Gasteiger charge is 2.41. The molecule has 1 amide bonds. The molecule has 1 aromatic carbocycles. The lowest BCUT2D eigenvalue weighted by Gasteiger charge is -2.14. The SMILES string of the molecule is CCc1ccccc1C(=O)NCC1(CBr)CC1. The van der Waals surface area contributed by atoms with Crippen LogP contribution in [0.1, 0.15) is 35.7 Å². The zero-order valence-corrected chi connectivity index (χ0v) is 11.7. The number of hydrogen-bond donors (Lipinski definition) is 1. The van der Waals surface area contributed by atoms with Gasteiger partial charge in [-0.1, -0.05) is 41.1 Å². The number of benzene rings is 1. The summed E-state index contributed by atoms with van der Waals surface area (Å²) in [6, 6.07) is 7.83. The molecule has 0 heterocycles. The topological polar surface area (TPSA) is 29.1 Å². The van der Waals surface area contributed by atoms with Crippen molar-refractivity contribution in [2.24, 2.45) is 5.41 Å². The standard InChI is InChI=1S/C14H18BrNO/c1-2-11-5-3-4-6-12(11)13(17)16-10-14(9-15)7-8-14/h3-6H,2,7-10H2,1H3,(H,16,17). The van der Waals surface area contributed by atoms with Gasteiger partial charge < -0.3 is 5.32 Å². The van der Waals surface area contributed by atoms with Gasteiger partial charge in [0.05, 0.1) is 0 Å². The van der Waals surface area contributed by atoms with Crippen LogP contribution in [0.5, 0.6) is 0 Å². The molecule has 2 rings (SSSR count). The van der Waals surface area contributed by atoms with E-state index in [4.69, 9.17) is 0 Å². The maximum Gasteiger partial charge on any atom is 0.251 e. The molecule has 1 N–H and O–H groups in total. The van der Waals surface area contributed by atoms with E-state index in [2.05, 4.69) is 28.2 Å². The van der Waals surface area contributed by atoms with Crippen molar-refractivity contribution >= 4 is 21.8 Å². The van der Waals surface area contributed by atoms with E-state index in [-0.39, 0.29) is 5.91 Å². The predicted molar refractivity (Wildman–Crippen MR) is 73.6 cm³/mol. The number of hydrogen-bond acceptors (Lipinski definition) is 1. The van der Waals surface area contributed by atoms with Crippen molar-refractivity contribution in [3.8, 4) is 0 Å². The van der Waals surface area contributed by atoms with Crippen molar-refractivity contribution in [1.29, 1.82) is 0 Å². The zero-order chi connectivity index (χ0) is 12.3. The van der Waals surface area contributed by atoms with Gasteiger partial charge in [0.25, 0.3) is 5.91 Å². The molecule has 2 nitrogen and oxygen atoms in total. The third-order valence-electron chi connectivity index (χ3n) is 3.51. The molecular weight excluding hydrogens is 278 g/mol. The van der Waals surface area contributed by atoms with Crippen LogP contribution in [-0.2, 0) is 6.42 Å². The van der Waals surface area contributed by atoms with E-state index >= 15 is 0 Å². The molecule has 0 saturated heterocycles. The molecule has 92 valence electrons. The van der Waals surface area contributed by atoms with E-state index in [9.17, 15) is 4.79 Å². The summed E-state index contributed by atoms with van der Waals surface area (Å²) in [7, 11) is 0. The van der Waals surface area contributed by atoms with Crippen molar-refractivity contribution in [1.82, 2.24) is 5.32 Å². The molecule has 1 fully saturated rings. The molecule has 0 unspecified atom stereocenters. The lowest BCUT2D eigenvalue weighted by molar-refractivity contribution is 0.0945. The Labute approximate surface area is 111 Å². The third-order valence-corrected chi connectivity index (χ3v) is 4.70. The van der Waals surface area contributed by atoms with Crippen LogP contribution >= 0.6 is 15.9 Å². The summed E-state index contributed by atoms with van der Waals surface area (Å²) < 4.78 is 0. The first-order valence-electron chi connectivity index (χ1n) is 6.13. The van der Waals surface area contributed by atoms with Gasteiger partial charge in [0.15, 0.2) is 0 Å². The molecule has 3 heteroatoms. The summed E-state index contributed by atoms with van der Waals surface area (Å²) in [6.45, 7) is 2.86. The second-order valence-electron chi connectivity index (χ2n) is 4.83. The van der Waals surface area contributed by atoms with E-state index in [0.29, 0.717) is 5.41 Å². The molecule has 1 aromatic rings. The van der Waals surface area contributed by atoms with Crippen LogP contribution in [0.2, 0.25) is 0 Å². The van der Waals surface area contributed by atoms with Crippen molar-refractivity contribution in [3.05, 3.63) is 35.4 Å². The first-order valence-corrected chi connectivity index (χ1v) is 7.25. The molecule has 1 saturated carbocycles. The van der Waals surface area contributed by atoms with Gasteiger partial charge in [-0.05, 0) is 36.3 Å². The molecule has 17 heavy (non-hydrogen) atoms. The van der Waals surface area contributed by atoms with Crippen LogP contribution in [0.3, 0.4) is 0 Å². The molecule has 0 bridgehead atoms. The maximum atomic E-state index is 12.1. The highest BCUT2D eigenvalue weighted by atomic mass is 79.9. The number of carbonyl (C=O) groups excluding carboxylic acids is 1. The number of aryl methyl sites for hydroxylation is 1. The minimum Gasteiger partial charge on any atom is -0.351 e. The van der Waals surface area contributed by atoms with Gasteiger partial charge >= 0.3 is 0 Å². The summed E-state index contributed by atoms with van der Waals surface area (Å²) in [5.41, 5.74) is 2.27. The van der Waals surface area contributed by atoms with E-state index in [0.717, 1.165) is 29.4 Å². The number of carbonyl (C=O) groups is 1. The summed E-state index contributed by atoms with van der Waals surface area (Å²) in [5, 5.41) is 4.04. The number of amides is 1. The highest BCUT2D eigenvalue weighted by Crippen LogP contribution is 2.46. The largest absolute Gasteiger partial charge is 0.351 e. The fourth-order valence-corrected chi connectivity index (χ4v) is 2.71. The smallest absolute Gasteiger partial charge is 0.251 e. The monoisotopic (exact) mass is 295 g/mol. The lowest BCUT2D eigenvalue weighted by atomic mass is 10.0. The Balaban J connectivity index is 1.99. The first-order chi connectivity index (χ1) is 8.21. The summed E-state index contributed by atoms with van der Waals surface area (Å²) in [6.07, 6.45) is 3.33. The van der Waals surface area contributed by atoms with Gasteiger partial charge in [0, 0.05) is 17.4 Å². The Morgan fingerprint density at radius 2 is 2.12 bits per heavy atom. The molecule has 1 aliphatic carbocycles. The van der Waals surface area contributed by atoms with Crippen LogP contribution in [0.25, 0.3) is 0 Å². The van der Waals surface area contributed by atoms with E-state index in [1.54, 1.807) is 0 Å². The molecule has 0 spiro atoms. The molecular formula is C14H18BrNO. The van der Waals surface area contributed by atoms with Crippen molar-refractivity contribution in [3.63, 3.8) is 0 Å². The Kier molecular flexibility index (Phi) is 3.87. The molecule has 0 aromatic heterocycles. The van der Waals surface area contributed by atoms with Crippen molar-refractivity contribution in [2.45, 2.75) is 26.2 Å². The van der Waals surface area contributed by atoms with Crippen molar-refractivity contribution in [2.75, 3.05) is 11.9 Å². The van der Waals surface area contributed by atoms with Crippen LogP contribution in [0, 0.1) is 5.41 Å². The molecule has 0 radical (unpaired) electrons. The van der Waals surface area contributed by atoms with Gasteiger partial charge in [-0.25, -0.2) is 0 Å². The van der Waals surface area contributed by atoms with E-state index in [1.165, 1.54) is 12.8 Å². The number of nitrogens with one attached hydrogen (secondary N) is 1. The summed E-state index contributed by atoms with van der Waals surface area (Å²) >= 11 is 3.52. The van der Waals surface area contributed by atoms with Gasteiger partial charge in [-0.2, -0.15) is 0 Å². The normalized spacial score (nSPS) is 16.6. The first kappa shape index (κ1) is 12.6. The summed E-state index contributed by atoms with van der Waals surface area (Å²) in [4.78, 5) is 12.1. The lowest BCUT2D eigenvalue weighted by Crippen LogP contribution is -2.31. The van der Waals surface area contributed by atoms with E-state index in [1.807, 2.05) is 24.3 Å². The molecule has 1 aliphatic rings. The zero-order valence-electron chi connectivity index (χ0n) is 10.1. The number of rotatable bonds is 5. The highest BCUT2D eigenvalue weighted by molar-refractivity contribution is 9.09. The third kappa shape index (κ3) is 2.89. The van der Waals surface area contributed by atoms with Gasteiger partial charge in [-0.3, -0.25) is 4.79 Å². The minimum absolute atomic E-state index is 0.0645. The quantitative estimate of drug-likeness (QED) is 0.831. The van der Waals surface area contributed by atoms with Crippen LogP contribution < -0.4 is 5.32 Å². The maximum absolute atomic E-state index is 12.1. The van der Waals surface area contributed by atoms with Gasteiger partial charge in [0.1, 0.15) is 0 Å². The average molecular weight is 296 g/mol. The Morgan fingerprint density at radius 1 is 1.41 bits per heavy atom. The fourth-order valence-electron chi connectivity index (χ4n) is 1.95. The average Bonchev–Trinajstić information content (AvgIpc) is 3.16. The number of alkyl halides is 1. The predicted octanol–water partition coefficient (Wildman–Crippen LogP) is 3.15. The van der Waals surface area contributed by atoms with E-state index < -0.39 is 0 Å². The van der Waals surface area contributed by atoms with Crippen LogP contribution in [0.15, 0.2) is 24.3 Å². The van der Waals surface area contributed by atoms with Gasteiger partial charge in [0.2, 0.25) is 0 Å². The second kappa shape index (κ2) is 5.21. The molecule has 0 atom stereocenters. The second-order valence-corrected chi connectivity index (χ2v) is 5.39. The van der Waals surface area contributed by atoms with Crippen LogP contribution in [0.4, 0.5) is 0 Å². The van der Waals surface area contributed by atoms with Gasteiger partial charge in [-0.15, -0.1) is 0 Å². The summed E-state index contributed by atoms with van der Waals surface area (Å²) in [5.74, 6) is 0.0645. The fraction of sp³-hybridized carbons (Fsp3) is 0.500.